The highest BCUT2D eigenvalue weighted by Crippen LogP contribution is 2.60. The lowest BCUT2D eigenvalue weighted by Gasteiger charge is -2.68. The molecule has 24 heavy (non-hydrogen) atoms. The zero-order valence-corrected chi connectivity index (χ0v) is 13.2. The number of methoxy groups -OCH3 is 1. The van der Waals surface area contributed by atoms with Gasteiger partial charge in [0, 0.05) is 19.4 Å². The standard InChI is InChI=1S/C17H22O7/c1-3-9-15(19)16(20)11(10-7-5-4-6-8-10)12(18)13(16)24-14(23-2)17(15,21)22/h3-8,11-14,18-22H,1,9H2,2H3/t11?,12?,13-,14?,15+,16+/m1/s1. The fourth-order valence-corrected chi connectivity index (χ4v) is 4.00. The van der Waals surface area contributed by atoms with Crippen molar-refractivity contribution in [1.29, 1.82) is 0 Å². The summed E-state index contributed by atoms with van der Waals surface area (Å²) >= 11 is 0. The molecule has 132 valence electrons. The molecule has 0 bridgehead atoms. The molecule has 6 atom stereocenters. The normalized spacial score (nSPS) is 43.6. The van der Waals surface area contributed by atoms with E-state index in [0.29, 0.717) is 5.56 Å². The molecule has 1 heterocycles. The number of ether oxygens (including phenoxy) is 2. The molecule has 2 aliphatic rings. The first-order chi connectivity index (χ1) is 11.3. The van der Waals surface area contributed by atoms with E-state index in [1.165, 1.54) is 13.2 Å². The highest BCUT2D eigenvalue weighted by molar-refractivity contribution is 5.39. The van der Waals surface area contributed by atoms with Gasteiger partial charge in [-0.15, -0.1) is 6.58 Å². The zero-order chi connectivity index (χ0) is 17.8. The van der Waals surface area contributed by atoms with E-state index in [9.17, 15) is 25.5 Å². The number of fused-ring (bicyclic) bond motifs is 1. The van der Waals surface area contributed by atoms with E-state index in [2.05, 4.69) is 6.58 Å². The Hall–Kier alpha value is -1.32. The van der Waals surface area contributed by atoms with Crippen molar-refractivity contribution in [2.75, 3.05) is 7.11 Å². The van der Waals surface area contributed by atoms with E-state index < -0.39 is 41.4 Å². The second-order valence-electron chi connectivity index (χ2n) is 6.41. The topological polar surface area (TPSA) is 120 Å². The van der Waals surface area contributed by atoms with Gasteiger partial charge in [0.05, 0.1) is 6.10 Å². The van der Waals surface area contributed by atoms with Crippen LogP contribution in [0.3, 0.4) is 0 Å². The van der Waals surface area contributed by atoms with E-state index >= 15 is 0 Å². The van der Waals surface area contributed by atoms with Gasteiger partial charge in [-0.25, -0.2) is 0 Å². The first-order valence-electron chi connectivity index (χ1n) is 7.67. The number of aliphatic hydroxyl groups is 5. The zero-order valence-electron chi connectivity index (χ0n) is 13.2. The summed E-state index contributed by atoms with van der Waals surface area (Å²) in [7, 11) is 1.17. The Morgan fingerprint density at radius 3 is 2.38 bits per heavy atom. The van der Waals surface area contributed by atoms with Crippen LogP contribution in [0.5, 0.6) is 0 Å². The van der Waals surface area contributed by atoms with Crippen molar-refractivity contribution in [3.63, 3.8) is 0 Å². The highest BCUT2D eigenvalue weighted by Gasteiger charge is 2.81. The SMILES string of the molecule is C=CC[C@@]1(O)C(O)(O)C(OC)O[C@@H]2C(O)C(c3ccccc3)[C@]21O. The second-order valence-corrected chi connectivity index (χ2v) is 6.41. The monoisotopic (exact) mass is 338 g/mol. The molecule has 7 heteroatoms. The van der Waals surface area contributed by atoms with E-state index in [1.807, 2.05) is 0 Å². The first-order valence-corrected chi connectivity index (χ1v) is 7.67. The maximum Gasteiger partial charge on any atom is 0.248 e. The van der Waals surface area contributed by atoms with Crippen LogP contribution in [0.2, 0.25) is 0 Å². The summed E-state index contributed by atoms with van der Waals surface area (Å²) in [6.45, 7) is 3.51. The average Bonchev–Trinajstić information content (AvgIpc) is 2.55. The number of aliphatic hydroxyl groups excluding tert-OH is 1. The van der Waals surface area contributed by atoms with E-state index in [4.69, 9.17) is 9.47 Å². The van der Waals surface area contributed by atoms with Gasteiger partial charge in [0.1, 0.15) is 11.7 Å². The highest BCUT2D eigenvalue weighted by atomic mass is 16.7. The van der Waals surface area contributed by atoms with Gasteiger partial charge in [-0.05, 0) is 5.56 Å². The number of hydrogen-bond donors (Lipinski definition) is 5. The summed E-state index contributed by atoms with van der Waals surface area (Å²) in [4.78, 5) is 0. The molecule has 1 aromatic rings. The van der Waals surface area contributed by atoms with E-state index in [1.54, 1.807) is 30.3 Å². The Labute approximate surface area is 139 Å². The van der Waals surface area contributed by atoms with Crippen LogP contribution >= 0.6 is 0 Å². The van der Waals surface area contributed by atoms with Gasteiger partial charge in [0.25, 0.3) is 0 Å². The van der Waals surface area contributed by atoms with Crippen molar-refractivity contribution in [2.24, 2.45) is 0 Å². The van der Waals surface area contributed by atoms with Gasteiger partial charge in [-0.2, -0.15) is 0 Å². The van der Waals surface area contributed by atoms with Crippen molar-refractivity contribution in [3.8, 4) is 0 Å². The van der Waals surface area contributed by atoms with Gasteiger partial charge in [-0.3, -0.25) is 0 Å². The minimum absolute atomic E-state index is 0.341. The Kier molecular flexibility index (Phi) is 4.09. The van der Waals surface area contributed by atoms with Crippen LogP contribution in [0.25, 0.3) is 0 Å². The third kappa shape index (κ3) is 1.91. The van der Waals surface area contributed by atoms with Gasteiger partial charge < -0.3 is 35.0 Å². The van der Waals surface area contributed by atoms with Crippen molar-refractivity contribution in [3.05, 3.63) is 48.6 Å². The third-order valence-electron chi connectivity index (χ3n) is 5.24. The second kappa shape index (κ2) is 5.60. The summed E-state index contributed by atoms with van der Waals surface area (Å²) < 4.78 is 10.2. The maximum atomic E-state index is 11.3. The minimum atomic E-state index is -2.91. The molecule has 5 N–H and O–H groups in total. The van der Waals surface area contributed by atoms with Crippen molar-refractivity contribution in [2.45, 2.75) is 47.8 Å². The van der Waals surface area contributed by atoms with Crippen LogP contribution in [-0.2, 0) is 9.47 Å². The predicted octanol–water partition coefficient (Wildman–Crippen LogP) is -0.765. The fourth-order valence-electron chi connectivity index (χ4n) is 4.00. The van der Waals surface area contributed by atoms with Crippen molar-refractivity contribution < 1.29 is 35.0 Å². The number of rotatable bonds is 4. The summed E-state index contributed by atoms with van der Waals surface area (Å²) in [6.07, 6.45) is -3.11. The lowest BCUT2D eigenvalue weighted by Crippen LogP contribution is -2.89. The molecule has 0 amide bonds. The van der Waals surface area contributed by atoms with E-state index in [-0.39, 0.29) is 6.42 Å². The van der Waals surface area contributed by atoms with Crippen molar-refractivity contribution in [1.82, 2.24) is 0 Å². The van der Waals surface area contributed by atoms with Gasteiger partial charge >= 0.3 is 0 Å². The molecule has 0 radical (unpaired) electrons. The molecule has 1 aliphatic carbocycles. The fraction of sp³-hybridized carbons (Fsp3) is 0.529. The van der Waals surface area contributed by atoms with Crippen LogP contribution in [-0.4, -0.2) is 68.1 Å². The quantitative estimate of drug-likeness (QED) is 0.361. The van der Waals surface area contributed by atoms with Crippen LogP contribution < -0.4 is 0 Å². The molecular formula is C17H22O7. The summed E-state index contributed by atoms with van der Waals surface area (Å²) in [5.74, 6) is -3.88. The Bertz CT molecular complexity index is 619. The molecule has 1 saturated heterocycles. The smallest absolute Gasteiger partial charge is 0.248 e. The van der Waals surface area contributed by atoms with Gasteiger partial charge in [0.15, 0.2) is 5.60 Å². The first kappa shape index (κ1) is 17.5. The Morgan fingerprint density at radius 1 is 1.21 bits per heavy atom. The minimum Gasteiger partial charge on any atom is -0.390 e. The van der Waals surface area contributed by atoms with Crippen LogP contribution in [0, 0.1) is 0 Å². The molecule has 0 spiro atoms. The number of hydrogen-bond acceptors (Lipinski definition) is 7. The molecule has 1 aliphatic heterocycles. The summed E-state index contributed by atoms with van der Waals surface area (Å²) in [6, 6.07) is 8.56. The summed E-state index contributed by atoms with van der Waals surface area (Å²) in [5, 5.41) is 53.8. The largest absolute Gasteiger partial charge is 0.390 e. The molecule has 2 fully saturated rings. The maximum absolute atomic E-state index is 11.3. The molecule has 7 nitrogen and oxygen atoms in total. The summed E-state index contributed by atoms with van der Waals surface area (Å²) in [5.41, 5.74) is -4.05. The van der Waals surface area contributed by atoms with Gasteiger partial charge in [0.2, 0.25) is 12.1 Å². The molecular weight excluding hydrogens is 316 g/mol. The number of benzene rings is 1. The molecule has 1 aromatic carbocycles. The predicted molar refractivity (Wildman–Crippen MR) is 82.7 cm³/mol. The molecule has 3 unspecified atom stereocenters. The lowest BCUT2D eigenvalue weighted by molar-refractivity contribution is -0.486. The average molecular weight is 338 g/mol. The Morgan fingerprint density at radius 2 is 1.83 bits per heavy atom. The lowest BCUT2D eigenvalue weighted by atomic mass is 9.50. The van der Waals surface area contributed by atoms with Crippen LogP contribution in [0.1, 0.15) is 17.9 Å². The van der Waals surface area contributed by atoms with Crippen molar-refractivity contribution >= 4 is 0 Å². The van der Waals surface area contributed by atoms with Crippen LogP contribution in [0.15, 0.2) is 43.0 Å². The van der Waals surface area contributed by atoms with E-state index in [0.717, 1.165) is 0 Å². The molecule has 1 saturated carbocycles. The molecule has 0 aromatic heterocycles. The third-order valence-corrected chi connectivity index (χ3v) is 5.24. The van der Waals surface area contributed by atoms with Crippen LogP contribution in [0.4, 0.5) is 0 Å². The van der Waals surface area contributed by atoms with Gasteiger partial charge in [-0.1, -0.05) is 36.4 Å². The Balaban J connectivity index is 2.13. The molecule has 3 rings (SSSR count).